The third-order valence-corrected chi connectivity index (χ3v) is 11.5. The number of ketones is 1. The molecule has 0 radical (unpaired) electrons. The highest BCUT2D eigenvalue weighted by Gasteiger charge is 2.45. The Bertz CT molecular complexity index is 1260. The number of carbonyl (C=O) groups excluding carboxylic acids is 5. The van der Waals surface area contributed by atoms with Crippen LogP contribution in [0.15, 0.2) is 12.7 Å². The van der Waals surface area contributed by atoms with Crippen LogP contribution in [0.3, 0.4) is 0 Å². The van der Waals surface area contributed by atoms with Gasteiger partial charge in [-0.15, -0.1) is 6.58 Å². The van der Waals surface area contributed by atoms with Crippen LogP contribution in [0.25, 0.3) is 0 Å². The molecule has 1 saturated carbocycles. The summed E-state index contributed by atoms with van der Waals surface area (Å²) in [5, 5.41) is 10.4. The van der Waals surface area contributed by atoms with Crippen molar-refractivity contribution in [2.24, 2.45) is 5.41 Å². The van der Waals surface area contributed by atoms with Crippen molar-refractivity contribution in [3.63, 3.8) is 0 Å². The summed E-state index contributed by atoms with van der Waals surface area (Å²) in [6.07, 6.45) is 8.22. The standard InChI is InChI=1S/C33H55N5O8S/c1-6-8-13-24(26(39)29(41)34-17-7-2)35-28(40)25-14-12-18-38(25)30(42)27(32(3,4)5)36-31(43)37-33(15-10-9-11-16-33)21-23-22-46-19-20-47(23,44)45/h7,23-25,27H,2,6,8-22H2,1,3-5H3,(H,34,41)(H,35,40)(H2,36,37,43)/t23?,24-,25-,27+/m0/s1. The molecule has 4 N–H and O–H groups in total. The van der Waals surface area contributed by atoms with Gasteiger partial charge in [0.15, 0.2) is 9.84 Å². The molecule has 0 bridgehead atoms. The molecule has 2 aliphatic heterocycles. The number of amides is 5. The number of rotatable bonds is 14. The van der Waals surface area contributed by atoms with Crippen molar-refractivity contribution in [3.8, 4) is 0 Å². The van der Waals surface area contributed by atoms with Gasteiger partial charge in [-0.1, -0.05) is 65.9 Å². The Morgan fingerprint density at radius 2 is 1.77 bits per heavy atom. The first-order valence-electron chi connectivity index (χ1n) is 17.1. The Kier molecular flexibility index (Phi) is 13.8. The predicted molar refractivity (Wildman–Crippen MR) is 178 cm³/mol. The van der Waals surface area contributed by atoms with E-state index >= 15 is 0 Å². The highest BCUT2D eigenvalue weighted by atomic mass is 32.2. The second-order valence-corrected chi connectivity index (χ2v) is 16.7. The van der Waals surface area contributed by atoms with E-state index in [9.17, 15) is 32.4 Å². The zero-order valence-electron chi connectivity index (χ0n) is 28.5. The maximum Gasteiger partial charge on any atom is 0.315 e. The van der Waals surface area contributed by atoms with Crippen molar-refractivity contribution in [2.75, 3.05) is 32.1 Å². The minimum Gasteiger partial charge on any atom is -0.379 e. The topological polar surface area (TPSA) is 180 Å². The van der Waals surface area contributed by atoms with Gasteiger partial charge in [-0.2, -0.15) is 0 Å². The van der Waals surface area contributed by atoms with E-state index in [4.69, 9.17) is 4.74 Å². The molecule has 3 aliphatic rings. The number of nitrogens with zero attached hydrogens (tertiary/aromatic N) is 1. The number of hydrogen-bond acceptors (Lipinski definition) is 8. The Hall–Kier alpha value is -3.00. The molecule has 2 saturated heterocycles. The summed E-state index contributed by atoms with van der Waals surface area (Å²) in [4.78, 5) is 68.0. The fraction of sp³-hybridized carbons (Fsp3) is 0.788. The first-order chi connectivity index (χ1) is 22.1. The Morgan fingerprint density at radius 1 is 1.06 bits per heavy atom. The van der Waals surface area contributed by atoms with E-state index in [0.29, 0.717) is 38.6 Å². The van der Waals surface area contributed by atoms with Crippen LogP contribution in [0.1, 0.15) is 98.3 Å². The molecule has 0 aromatic heterocycles. The van der Waals surface area contributed by atoms with E-state index in [1.54, 1.807) is 0 Å². The number of ether oxygens (including phenoxy) is 1. The lowest BCUT2D eigenvalue weighted by Crippen LogP contribution is -2.62. The molecule has 3 fully saturated rings. The van der Waals surface area contributed by atoms with Gasteiger partial charge in [0.1, 0.15) is 12.1 Å². The summed E-state index contributed by atoms with van der Waals surface area (Å²) >= 11 is 0. The van der Waals surface area contributed by atoms with E-state index in [2.05, 4.69) is 27.8 Å². The average molecular weight is 682 g/mol. The monoisotopic (exact) mass is 681 g/mol. The summed E-state index contributed by atoms with van der Waals surface area (Å²) in [5.74, 6) is -2.54. The van der Waals surface area contributed by atoms with Gasteiger partial charge in [0, 0.05) is 18.6 Å². The molecule has 47 heavy (non-hydrogen) atoms. The molecule has 0 aromatic carbocycles. The molecular formula is C33H55N5O8S. The maximum absolute atomic E-state index is 14.1. The van der Waals surface area contributed by atoms with Gasteiger partial charge in [-0.05, 0) is 43.9 Å². The van der Waals surface area contributed by atoms with Gasteiger partial charge >= 0.3 is 6.03 Å². The lowest BCUT2D eigenvalue weighted by Gasteiger charge is -2.42. The number of hydrogen-bond donors (Lipinski definition) is 4. The second kappa shape index (κ2) is 16.9. The maximum atomic E-state index is 14.1. The lowest BCUT2D eigenvalue weighted by molar-refractivity contribution is -0.143. The van der Waals surface area contributed by atoms with Gasteiger partial charge in [0.05, 0.1) is 30.3 Å². The third kappa shape index (κ3) is 10.5. The molecule has 0 aromatic rings. The summed E-state index contributed by atoms with van der Waals surface area (Å²) in [5.41, 5.74) is -1.48. The van der Waals surface area contributed by atoms with Crippen LogP contribution >= 0.6 is 0 Å². The minimum absolute atomic E-state index is 0.0405. The quantitative estimate of drug-likeness (QED) is 0.159. The van der Waals surface area contributed by atoms with Crippen LogP contribution in [0, 0.1) is 5.41 Å². The van der Waals surface area contributed by atoms with E-state index in [0.717, 1.165) is 25.7 Å². The van der Waals surface area contributed by atoms with Crippen LogP contribution in [0.2, 0.25) is 0 Å². The van der Waals surface area contributed by atoms with Crippen molar-refractivity contribution < 1.29 is 37.1 Å². The van der Waals surface area contributed by atoms with Crippen molar-refractivity contribution in [1.82, 2.24) is 26.2 Å². The van der Waals surface area contributed by atoms with Crippen LogP contribution in [0.4, 0.5) is 4.79 Å². The van der Waals surface area contributed by atoms with Gasteiger partial charge in [-0.3, -0.25) is 19.2 Å². The number of sulfone groups is 1. The Labute approximate surface area is 279 Å². The lowest BCUT2D eigenvalue weighted by atomic mass is 9.78. The molecule has 2 heterocycles. The third-order valence-electron chi connectivity index (χ3n) is 9.47. The Morgan fingerprint density at radius 3 is 2.38 bits per heavy atom. The number of unbranched alkanes of at least 4 members (excludes halogenated alkanes) is 1. The van der Waals surface area contributed by atoms with Gasteiger partial charge < -0.3 is 30.9 Å². The summed E-state index contributed by atoms with van der Waals surface area (Å²) in [6.45, 7) is 11.6. The number of nitrogens with one attached hydrogen (secondary N) is 4. The highest BCUT2D eigenvalue weighted by molar-refractivity contribution is 7.92. The van der Waals surface area contributed by atoms with Gasteiger partial charge in [0.2, 0.25) is 17.6 Å². The molecule has 5 amide bonds. The number of urea groups is 1. The van der Waals surface area contributed by atoms with Crippen LogP contribution < -0.4 is 21.3 Å². The first kappa shape index (κ1) is 38.4. The molecule has 0 spiro atoms. The zero-order chi connectivity index (χ0) is 34.8. The highest BCUT2D eigenvalue weighted by Crippen LogP contribution is 2.35. The van der Waals surface area contributed by atoms with Crippen LogP contribution in [-0.2, 0) is 33.8 Å². The second-order valence-electron chi connectivity index (χ2n) is 14.3. The molecule has 3 rings (SSSR count). The SMILES string of the molecule is C=CCNC(=O)C(=O)[C@H](CCCC)NC(=O)[C@@H]1CCCN1C(=O)[C@@H](NC(=O)NC1(CC2COCCS2(=O)=O)CCCCC1)C(C)(C)C. The van der Waals surface area contributed by atoms with Gasteiger partial charge in [-0.25, -0.2) is 13.2 Å². The van der Waals surface area contributed by atoms with Crippen molar-refractivity contribution in [1.29, 1.82) is 0 Å². The van der Waals surface area contributed by atoms with Crippen LogP contribution in [0.5, 0.6) is 0 Å². The first-order valence-corrected chi connectivity index (χ1v) is 18.8. The molecule has 13 nitrogen and oxygen atoms in total. The predicted octanol–water partition coefficient (Wildman–Crippen LogP) is 2.14. The fourth-order valence-electron chi connectivity index (χ4n) is 6.77. The minimum atomic E-state index is -3.35. The smallest absolute Gasteiger partial charge is 0.315 e. The van der Waals surface area contributed by atoms with Crippen molar-refractivity contribution in [2.45, 2.75) is 127 Å². The summed E-state index contributed by atoms with van der Waals surface area (Å²) in [7, 11) is -3.35. The number of carbonyl (C=O) groups is 5. The molecule has 266 valence electrons. The van der Waals surface area contributed by atoms with Gasteiger partial charge in [0.25, 0.3) is 5.91 Å². The Balaban J connectivity index is 1.75. The van der Waals surface area contributed by atoms with Crippen LogP contribution in [-0.4, -0.2) is 104 Å². The zero-order valence-corrected chi connectivity index (χ0v) is 29.3. The van der Waals surface area contributed by atoms with E-state index in [-0.39, 0.29) is 38.4 Å². The molecule has 14 heteroatoms. The van der Waals surface area contributed by atoms with Crippen molar-refractivity contribution >= 4 is 39.4 Å². The summed E-state index contributed by atoms with van der Waals surface area (Å²) in [6, 6.07) is -3.46. The molecular weight excluding hydrogens is 626 g/mol. The molecule has 4 atom stereocenters. The fourth-order valence-corrected chi connectivity index (χ4v) is 8.33. The molecule has 1 aliphatic carbocycles. The largest absolute Gasteiger partial charge is 0.379 e. The van der Waals surface area contributed by atoms with E-state index in [1.807, 2.05) is 27.7 Å². The van der Waals surface area contributed by atoms with Crippen molar-refractivity contribution in [3.05, 3.63) is 12.7 Å². The molecule has 1 unspecified atom stereocenters. The summed E-state index contributed by atoms with van der Waals surface area (Å²) < 4.78 is 31.1. The number of likely N-dealkylation sites (tertiary alicyclic amines) is 1. The average Bonchev–Trinajstić information content (AvgIpc) is 3.51. The van der Waals surface area contributed by atoms with E-state index < -0.39 is 73.7 Å². The number of Topliss-reactive ketones (excluding diaryl/α,β-unsaturated/α-hetero) is 1. The normalized spacial score (nSPS) is 23.5. The van der Waals surface area contributed by atoms with E-state index in [1.165, 1.54) is 11.0 Å².